The van der Waals surface area contributed by atoms with Crippen molar-refractivity contribution in [2.75, 3.05) is 32.7 Å². The van der Waals surface area contributed by atoms with Crippen LogP contribution in [0.4, 0.5) is 4.39 Å². The Bertz CT molecular complexity index is 593. The first-order chi connectivity index (χ1) is 10.0. The van der Waals surface area contributed by atoms with Gasteiger partial charge in [-0.1, -0.05) is 18.2 Å². The number of rotatable bonds is 5. The maximum atomic E-state index is 13.6. The van der Waals surface area contributed by atoms with Crippen LogP contribution in [0, 0.1) is 11.7 Å². The van der Waals surface area contributed by atoms with Gasteiger partial charge in [-0.05, 0) is 24.8 Å². The quantitative estimate of drug-likeness (QED) is 0.831. The van der Waals surface area contributed by atoms with E-state index in [9.17, 15) is 12.8 Å². The minimum absolute atomic E-state index is 0.248. The molecular weight excluding hydrogens is 291 g/mol. The standard InChI is InChI=1S/C15H21FN2O2S/c16-15-4-2-1-3-14(15)12-21(19,20)18-9-7-17(8-10-18)11-13-5-6-13/h1-4,13H,5-12H2. The number of sulfonamides is 1. The predicted molar refractivity (Wildman–Crippen MR) is 79.8 cm³/mol. The number of halogens is 1. The number of piperazine rings is 1. The first-order valence-corrected chi connectivity index (χ1v) is 9.09. The van der Waals surface area contributed by atoms with Crippen molar-refractivity contribution in [1.82, 2.24) is 9.21 Å². The van der Waals surface area contributed by atoms with Crippen LogP contribution >= 0.6 is 0 Å². The normalized spacial score (nSPS) is 21.6. The molecule has 1 saturated heterocycles. The van der Waals surface area contributed by atoms with Gasteiger partial charge in [0.05, 0.1) is 5.75 Å². The molecule has 1 aliphatic carbocycles. The fourth-order valence-electron chi connectivity index (χ4n) is 2.76. The van der Waals surface area contributed by atoms with Crippen LogP contribution in [0.25, 0.3) is 0 Å². The Balaban J connectivity index is 1.59. The lowest BCUT2D eigenvalue weighted by molar-refractivity contribution is 0.182. The van der Waals surface area contributed by atoms with Crippen molar-refractivity contribution in [3.05, 3.63) is 35.6 Å². The zero-order chi connectivity index (χ0) is 14.9. The highest BCUT2D eigenvalue weighted by Crippen LogP contribution is 2.30. The molecule has 0 N–H and O–H groups in total. The van der Waals surface area contributed by atoms with Gasteiger partial charge in [-0.2, -0.15) is 4.31 Å². The Labute approximate surface area is 125 Å². The fraction of sp³-hybridized carbons (Fsp3) is 0.600. The van der Waals surface area contributed by atoms with Crippen molar-refractivity contribution in [2.24, 2.45) is 5.92 Å². The molecule has 1 aliphatic heterocycles. The molecular formula is C15H21FN2O2S. The Morgan fingerprint density at radius 2 is 1.76 bits per heavy atom. The third-order valence-electron chi connectivity index (χ3n) is 4.23. The van der Waals surface area contributed by atoms with E-state index in [1.807, 2.05) is 0 Å². The Morgan fingerprint density at radius 1 is 1.10 bits per heavy atom. The van der Waals surface area contributed by atoms with Gasteiger partial charge in [-0.3, -0.25) is 0 Å². The summed E-state index contributed by atoms with van der Waals surface area (Å²) in [6, 6.07) is 6.08. The Morgan fingerprint density at radius 3 is 2.38 bits per heavy atom. The van der Waals surface area contributed by atoms with Crippen LogP contribution in [0.15, 0.2) is 24.3 Å². The van der Waals surface area contributed by atoms with E-state index in [2.05, 4.69) is 4.90 Å². The summed E-state index contributed by atoms with van der Waals surface area (Å²) in [6.45, 7) is 3.70. The monoisotopic (exact) mass is 312 g/mol. The molecule has 2 aliphatic rings. The maximum Gasteiger partial charge on any atom is 0.218 e. The Kier molecular flexibility index (Phi) is 4.28. The minimum atomic E-state index is -3.43. The second kappa shape index (κ2) is 6.02. The van der Waals surface area contributed by atoms with Gasteiger partial charge in [-0.15, -0.1) is 0 Å². The molecule has 4 nitrogen and oxygen atoms in total. The first kappa shape index (κ1) is 14.9. The van der Waals surface area contributed by atoms with E-state index < -0.39 is 15.8 Å². The topological polar surface area (TPSA) is 40.6 Å². The highest BCUT2D eigenvalue weighted by Gasteiger charge is 2.30. The van der Waals surface area contributed by atoms with Gasteiger partial charge in [0.1, 0.15) is 5.82 Å². The van der Waals surface area contributed by atoms with E-state index in [4.69, 9.17) is 0 Å². The minimum Gasteiger partial charge on any atom is -0.300 e. The third kappa shape index (κ3) is 3.81. The lowest BCUT2D eigenvalue weighted by atomic mass is 10.2. The summed E-state index contributed by atoms with van der Waals surface area (Å²) in [5, 5.41) is 0. The van der Waals surface area contributed by atoms with Crippen LogP contribution < -0.4 is 0 Å². The van der Waals surface area contributed by atoms with Gasteiger partial charge in [0.15, 0.2) is 0 Å². The summed E-state index contributed by atoms with van der Waals surface area (Å²) in [7, 11) is -3.43. The summed E-state index contributed by atoms with van der Waals surface area (Å²) < 4.78 is 39.9. The van der Waals surface area contributed by atoms with Crippen molar-refractivity contribution in [3.63, 3.8) is 0 Å². The van der Waals surface area contributed by atoms with Gasteiger partial charge in [-0.25, -0.2) is 12.8 Å². The van der Waals surface area contributed by atoms with Crippen molar-refractivity contribution >= 4 is 10.0 Å². The summed E-state index contributed by atoms with van der Waals surface area (Å²) in [5.74, 6) is 0.127. The van der Waals surface area contributed by atoms with E-state index >= 15 is 0 Å². The molecule has 1 heterocycles. The van der Waals surface area contributed by atoms with Crippen LogP contribution in [0.2, 0.25) is 0 Å². The molecule has 0 radical (unpaired) electrons. The molecule has 0 amide bonds. The van der Waals surface area contributed by atoms with Gasteiger partial charge in [0, 0.05) is 38.3 Å². The molecule has 1 aromatic rings. The zero-order valence-corrected chi connectivity index (χ0v) is 12.9. The molecule has 6 heteroatoms. The molecule has 1 saturated carbocycles. The number of hydrogen-bond acceptors (Lipinski definition) is 3. The van der Waals surface area contributed by atoms with E-state index in [0.717, 1.165) is 25.6 Å². The molecule has 0 bridgehead atoms. The highest BCUT2D eigenvalue weighted by atomic mass is 32.2. The van der Waals surface area contributed by atoms with Crippen molar-refractivity contribution in [2.45, 2.75) is 18.6 Å². The molecule has 0 aromatic heterocycles. The van der Waals surface area contributed by atoms with E-state index in [-0.39, 0.29) is 11.3 Å². The van der Waals surface area contributed by atoms with Gasteiger partial charge >= 0.3 is 0 Å². The van der Waals surface area contributed by atoms with Gasteiger partial charge in [0.2, 0.25) is 10.0 Å². The summed E-state index contributed by atoms with van der Waals surface area (Å²) in [5.41, 5.74) is 0.248. The number of hydrogen-bond donors (Lipinski definition) is 0. The van der Waals surface area contributed by atoms with Crippen LogP contribution in [0.1, 0.15) is 18.4 Å². The van der Waals surface area contributed by atoms with Crippen molar-refractivity contribution < 1.29 is 12.8 Å². The molecule has 2 fully saturated rings. The largest absolute Gasteiger partial charge is 0.300 e. The SMILES string of the molecule is O=S(=O)(Cc1ccccc1F)N1CCN(CC2CC2)CC1. The fourth-order valence-corrected chi connectivity index (χ4v) is 4.29. The van der Waals surface area contributed by atoms with Crippen LogP contribution in [0.5, 0.6) is 0 Å². The molecule has 0 unspecified atom stereocenters. The molecule has 1 aromatic carbocycles. The van der Waals surface area contributed by atoms with E-state index in [0.29, 0.717) is 13.1 Å². The molecule has 116 valence electrons. The molecule has 3 rings (SSSR count). The summed E-state index contributed by atoms with van der Waals surface area (Å²) in [6.07, 6.45) is 2.62. The van der Waals surface area contributed by atoms with E-state index in [1.54, 1.807) is 12.1 Å². The second-order valence-electron chi connectivity index (χ2n) is 5.99. The second-order valence-corrected chi connectivity index (χ2v) is 7.96. The number of benzene rings is 1. The predicted octanol–water partition coefficient (Wildman–Crippen LogP) is 1.68. The molecule has 0 atom stereocenters. The number of nitrogens with zero attached hydrogens (tertiary/aromatic N) is 2. The van der Waals surface area contributed by atoms with Crippen molar-refractivity contribution in [1.29, 1.82) is 0 Å². The van der Waals surface area contributed by atoms with Crippen LogP contribution in [-0.2, 0) is 15.8 Å². The third-order valence-corrected chi connectivity index (χ3v) is 6.06. The Hall–Kier alpha value is -0.980. The van der Waals surface area contributed by atoms with Crippen LogP contribution in [-0.4, -0.2) is 50.3 Å². The average Bonchev–Trinajstić information content (AvgIpc) is 3.26. The first-order valence-electron chi connectivity index (χ1n) is 7.48. The van der Waals surface area contributed by atoms with Crippen LogP contribution in [0.3, 0.4) is 0 Å². The van der Waals surface area contributed by atoms with Gasteiger partial charge < -0.3 is 4.90 Å². The molecule has 0 spiro atoms. The maximum absolute atomic E-state index is 13.6. The smallest absolute Gasteiger partial charge is 0.218 e. The van der Waals surface area contributed by atoms with E-state index in [1.165, 1.54) is 29.3 Å². The lowest BCUT2D eigenvalue weighted by Gasteiger charge is -2.34. The average molecular weight is 312 g/mol. The summed E-state index contributed by atoms with van der Waals surface area (Å²) in [4.78, 5) is 2.34. The summed E-state index contributed by atoms with van der Waals surface area (Å²) >= 11 is 0. The highest BCUT2D eigenvalue weighted by molar-refractivity contribution is 7.88. The zero-order valence-electron chi connectivity index (χ0n) is 12.0. The molecule has 21 heavy (non-hydrogen) atoms. The lowest BCUT2D eigenvalue weighted by Crippen LogP contribution is -2.49. The van der Waals surface area contributed by atoms with Gasteiger partial charge in [0.25, 0.3) is 0 Å². The van der Waals surface area contributed by atoms with Crippen molar-refractivity contribution in [3.8, 4) is 0 Å².